The molecule has 0 unspecified atom stereocenters. The van der Waals surface area contributed by atoms with Crippen LogP contribution in [0.5, 0.6) is 23.3 Å². The summed E-state index contributed by atoms with van der Waals surface area (Å²) >= 11 is 0. The van der Waals surface area contributed by atoms with Gasteiger partial charge in [0, 0.05) is 11.1 Å². The predicted octanol–water partition coefficient (Wildman–Crippen LogP) is 4.31. The quantitative estimate of drug-likeness (QED) is 0.458. The summed E-state index contributed by atoms with van der Waals surface area (Å²) in [6.45, 7) is 1.78. The number of aromatic nitrogens is 2. The van der Waals surface area contributed by atoms with E-state index in [1.165, 1.54) is 19.5 Å². The molecule has 0 saturated heterocycles. The van der Waals surface area contributed by atoms with Gasteiger partial charge in [0.1, 0.15) is 23.4 Å². The fourth-order valence-electron chi connectivity index (χ4n) is 2.63. The van der Waals surface area contributed by atoms with E-state index in [4.69, 9.17) is 19.5 Å². The molecule has 0 spiro atoms. The van der Waals surface area contributed by atoms with Gasteiger partial charge in [-0.2, -0.15) is 5.26 Å². The molecule has 2 aromatic carbocycles. The Bertz CT molecular complexity index is 1150. The minimum Gasteiger partial charge on any atom is -0.503 e. The number of methoxy groups -OCH3 is 1. The molecule has 3 rings (SSSR count). The van der Waals surface area contributed by atoms with Crippen LogP contribution in [0.2, 0.25) is 0 Å². The van der Waals surface area contributed by atoms with Gasteiger partial charge in [-0.1, -0.05) is 24.3 Å². The van der Waals surface area contributed by atoms with Crippen molar-refractivity contribution in [3.63, 3.8) is 0 Å². The highest BCUT2D eigenvalue weighted by Gasteiger charge is 2.17. The van der Waals surface area contributed by atoms with Gasteiger partial charge in [0.05, 0.1) is 31.1 Å². The number of nitrogens with zero attached hydrogens (tertiary/aromatic N) is 3. The first-order chi connectivity index (χ1) is 14.5. The molecule has 1 N–H and O–H groups in total. The number of nitriles is 1. The lowest BCUT2D eigenvalue weighted by molar-refractivity contribution is -0.130. The maximum atomic E-state index is 11.6. The van der Waals surface area contributed by atoms with Crippen molar-refractivity contribution in [2.75, 3.05) is 7.11 Å². The number of carboxylic acids is 1. The Labute approximate surface area is 172 Å². The van der Waals surface area contributed by atoms with Gasteiger partial charge in [-0.15, -0.1) is 0 Å². The molecule has 0 bridgehead atoms. The maximum absolute atomic E-state index is 11.6. The zero-order chi connectivity index (χ0) is 21.5. The molecule has 1 aromatic heterocycles. The van der Waals surface area contributed by atoms with E-state index < -0.39 is 5.97 Å². The van der Waals surface area contributed by atoms with Crippen molar-refractivity contribution < 1.29 is 24.1 Å². The van der Waals surface area contributed by atoms with Crippen molar-refractivity contribution in [2.45, 2.75) is 6.92 Å². The summed E-state index contributed by atoms with van der Waals surface area (Å²) in [6.07, 6.45) is 2.39. The molecule has 0 aliphatic carbocycles. The highest BCUT2D eigenvalue weighted by atomic mass is 16.5. The summed E-state index contributed by atoms with van der Waals surface area (Å²) in [5.74, 6) is -0.0384. The van der Waals surface area contributed by atoms with Crippen molar-refractivity contribution in [3.8, 4) is 29.3 Å². The summed E-state index contributed by atoms with van der Waals surface area (Å²) < 4.78 is 16.4. The largest absolute Gasteiger partial charge is 0.503 e. The zero-order valence-electron chi connectivity index (χ0n) is 16.2. The average Bonchev–Trinajstić information content (AvgIpc) is 2.74. The monoisotopic (exact) mass is 403 g/mol. The summed E-state index contributed by atoms with van der Waals surface area (Å²) in [6, 6.07) is 15.3. The third-order valence-electron chi connectivity index (χ3n) is 4.09. The lowest BCUT2D eigenvalue weighted by Crippen LogP contribution is -2.03. The fourth-order valence-corrected chi connectivity index (χ4v) is 2.63. The van der Waals surface area contributed by atoms with Crippen LogP contribution < -0.4 is 9.47 Å². The molecule has 8 nitrogen and oxygen atoms in total. The van der Waals surface area contributed by atoms with Crippen molar-refractivity contribution in [2.24, 2.45) is 0 Å². The van der Waals surface area contributed by atoms with E-state index in [1.807, 2.05) is 0 Å². The third kappa shape index (κ3) is 4.54. The fraction of sp³-hybridized carbons (Fsp3) is 0.0909. The highest BCUT2D eigenvalue weighted by molar-refractivity contribution is 6.15. The molecule has 0 aliphatic rings. The molecule has 3 aromatic rings. The first-order valence-electron chi connectivity index (χ1n) is 8.76. The van der Waals surface area contributed by atoms with Gasteiger partial charge in [0.25, 0.3) is 0 Å². The maximum Gasteiger partial charge on any atom is 0.339 e. The SMILES string of the molecule is CO/C=C(/C(=O)O)c1ccccc1Oc1cc(Oc2cccc(C#N)c2C)ncn1. The van der Waals surface area contributed by atoms with E-state index in [2.05, 4.69) is 16.0 Å². The van der Waals surface area contributed by atoms with Gasteiger partial charge in [-0.05, 0) is 25.1 Å². The molecular formula is C22H17N3O5. The Kier molecular flexibility index (Phi) is 6.25. The summed E-state index contributed by atoms with van der Waals surface area (Å²) in [5.41, 5.74) is 1.44. The molecule has 0 fully saturated rings. The zero-order valence-corrected chi connectivity index (χ0v) is 16.2. The van der Waals surface area contributed by atoms with Gasteiger partial charge in [-0.3, -0.25) is 0 Å². The first-order valence-corrected chi connectivity index (χ1v) is 8.76. The van der Waals surface area contributed by atoms with Crippen LogP contribution in [0.1, 0.15) is 16.7 Å². The second-order valence-electron chi connectivity index (χ2n) is 6.01. The van der Waals surface area contributed by atoms with Gasteiger partial charge in [0.2, 0.25) is 11.8 Å². The van der Waals surface area contributed by atoms with Crippen LogP contribution in [0.25, 0.3) is 5.57 Å². The number of rotatable bonds is 7. The molecule has 0 saturated carbocycles. The minimum atomic E-state index is -1.16. The van der Waals surface area contributed by atoms with Gasteiger partial charge in [0.15, 0.2) is 0 Å². The van der Waals surface area contributed by atoms with Crippen molar-refractivity contribution in [3.05, 3.63) is 77.8 Å². The van der Waals surface area contributed by atoms with E-state index in [1.54, 1.807) is 49.4 Å². The van der Waals surface area contributed by atoms with E-state index in [9.17, 15) is 9.90 Å². The van der Waals surface area contributed by atoms with Crippen molar-refractivity contribution in [1.82, 2.24) is 9.97 Å². The van der Waals surface area contributed by atoms with Gasteiger partial charge in [-0.25, -0.2) is 14.8 Å². The molecule has 0 radical (unpaired) electrons. The Balaban J connectivity index is 1.90. The van der Waals surface area contributed by atoms with E-state index in [0.717, 1.165) is 6.26 Å². The normalized spacial score (nSPS) is 10.8. The standard InChI is InChI=1S/C22H17N3O5/c1-14-15(11-23)6-5-9-18(14)29-20-10-21(25-13-24-20)30-19-8-4-3-7-16(19)17(12-28-2)22(26)27/h3-10,12-13H,1-2H3,(H,26,27)/b17-12+. The molecule has 30 heavy (non-hydrogen) atoms. The van der Waals surface area contributed by atoms with Crippen LogP contribution in [0.15, 0.2) is 61.1 Å². The third-order valence-corrected chi connectivity index (χ3v) is 4.09. The molecular weight excluding hydrogens is 386 g/mol. The predicted molar refractivity (Wildman–Crippen MR) is 107 cm³/mol. The molecule has 8 heteroatoms. The number of aliphatic carboxylic acids is 1. The Morgan fingerprint density at radius 3 is 2.40 bits per heavy atom. The molecule has 0 atom stereocenters. The number of carbonyl (C=O) groups is 1. The Morgan fingerprint density at radius 2 is 1.73 bits per heavy atom. The summed E-state index contributed by atoms with van der Waals surface area (Å²) in [4.78, 5) is 19.7. The Morgan fingerprint density at radius 1 is 1.07 bits per heavy atom. The first kappa shape index (κ1) is 20.4. The average molecular weight is 403 g/mol. The Hall–Kier alpha value is -4.38. The van der Waals surface area contributed by atoms with Gasteiger partial charge >= 0.3 is 5.97 Å². The van der Waals surface area contributed by atoms with Crippen molar-refractivity contribution in [1.29, 1.82) is 5.26 Å². The van der Waals surface area contributed by atoms with Crippen LogP contribution >= 0.6 is 0 Å². The molecule has 0 aliphatic heterocycles. The lowest BCUT2D eigenvalue weighted by atomic mass is 10.1. The summed E-state index contributed by atoms with van der Waals surface area (Å²) in [7, 11) is 1.36. The molecule has 0 amide bonds. The second kappa shape index (κ2) is 9.21. The topological polar surface area (TPSA) is 115 Å². The highest BCUT2D eigenvalue weighted by Crippen LogP contribution is 2.32. The van der Waals surface area contributed by atoms with E-state index >= 15 is 0 Å². The summed E-state index contributed by atoms with van der Waals surface area (Å²) in [5, 5.41) is 18.6. The van der Waals surface area contributed by atoms with Crippen LogP contribution in [0, 0.1) is 18.3 Å². The number of hydrogen-bond donors (Lipinski definition) is 1. The smallest absolute Gasteiger partial charge is 0.339 e. The lowest BCUT2D eigenvalue weighted by Gasteiger charge is -2.12. The van der Waals surface area contributed by atoms with Crippen molar-refractivity contribution >= 4 is 11.5 Å². The number of ether oxygens (including phenoxy) is 3. The minimum absolute atomic E-state index is 0.0671. The number of para-hydroxylation sites is 1. The number of benzene rings is 2. The van der Waals surface area contributed by atoms with E-state index in [-0.39, 0.29) is 23.1 Å². The van der Waals surface area contributed by atoms with E-state index in [0.29, 0.717) is 22.4 Å². The van der Waals surface area contributed by atoms with Crippen LogP contribution in [-0.4, -0.2) is 28.2 Å². The second-order valence-corrected chi connectivity index (χ2v) is 6.01. The van der Waals surface area contributed by atoms with Crippen LogP contribution in [0.3, 0.4) is 0 Å². The number of hydrogen-bond acceptors (Lipinski definition) is 7. The number of carboxylic acid groups (broad SMARTS) is 1. The molecule has 1 heterocycles. The molecule has 150 valence electrons. The van der Waals surface area contributed by atoms with Crippen LogP contribution in [-0.2, 0) is 9.53 Å². The van der Waals surface area contributed by atoms with Gasteiger partial charge < -0.3 is 19.3 Å². The van der Waals surface area contributed by atoms with Crippen LogP contribution in [0.4, 0.5) is 0 Å².